The van der Waals surface area contributed by atoms with Crippen LogP contribution in [0.25, 0.3) is 0 Å². The molecule has 0 bridgehead atoms. The molecule has 0 aliphatic heterocycles. The Morgan fingerprint density at radius 2 is 2.10 bits per heavy atom. The summed E-state index contributed by atoms with van der Waals surface area (Å²) in [4.78, 5) is 6.03. The average Bonchev–Trinajstić information content (AvgIpc) is 2.90. The fraction of sp³-hybridized carbons (Fsp3) is 0.214. The molecule has 2 rings (SSSR count). The Hall–Kier alpha value is -1.53. The lowest BCUT2D eigenvalue weighted by Gasteiger charge is -2.12. The van der Waals surface area contributed by atoms with Gasteiger partial charge in [0.25, 0.3) is 0 Å². The van der Waals surface area contributed by atoms with Crippen LogP contribution in [0.5, 0.6) is 0 Å². The quantitative estimate of drug-likeness (QED) is 0.545. The van der Waals surface area contributed by atoms with Gasteiger partial charge < -0.3 is 4.84 Å². The van der Waals surface area contributed by atoms with E-state index in [0.717, 1.165) is 10.9 Å². The first-order valence-electron chi connectivity index (χ1n) is 5.94. The Morgan fingerprint density at radius 1 is 1.33 bits per heavy atom. The summed E-state index contributed by atoms with van der Waals surface area (Å²) in [7, 11) is 0. The van der Waals surface area contributed by atoms with Crippen LogP contribution in [0.2, 0.25) is 5.02 Å². The molecule has 21 heavy (non-hydrogen) atoms. The molecule has 0 aliphatic carbocycles. The molecule has 0 saturated heterocycles. The minimum absolute atomic E-state index is 0.0822. The highest BCUT2D eigenvalue weighted by Crippen LogP contribution is 2.33. The minimum atomic E-state index is -4.47. The van der Waals surface area contributed by atoms with E-state index in [1.165, 1.54) is 30.4 Å². The zero-order valence-electron chi connectivity index (χ0n) is 10.9. The third-order valence-corrected chi connectivity index (χ3v) is 3.75. The van der Waals surface area contributed by atoms with Gasteiger partial charge in [0.1, 0.15) is 0 Å². The van der Waals surface area contributed by atoms with Crippen LogP contribution in [0.4, 0.5) is 13.2 Å². The second-order valence-electron chi connectivity index (χ2n) is 4.22. The lowest BCUT2D eigenvalue weighted by molar-refractivity contribution is -0.137. The number of nitrogens with zero attached hydrogens (tertiary/aromatic N) is 1. The first kappa shape index (κ1) is 15.9. The van der Waals surface area contributed by atoms with Crippen molar-refractivity contribution in [2.24, 2.45) is 5.16 Å². The first-order chi connectivity index (χ1) is 9.88. The molecule has 112 valence electrons. The van der Waals surface area contributed by atoms with Crippen LogP contribution < -0.4 is 0 Å². The molecule has 2 nitrogen and oxygen atoms in total. The maximum Gasteiger partial charge on any atom is 0.417 e. The van der Waals surface area contributed by atoms with E-state index in [1.54, 1.807) is 0 Å². The summed E-state index contributed by atoms with van der Waals surface area (Å²) in [5.41, 5.74) is -0.740. The van der Waals surface area contributed by atoms with Gasteiger partial charge in [-0.1, -0.05) is 22.8 Å². The van der Waals surface area contributed by atoms with E-state index in [4.69, 9.17) is 16.4 Å². The third-order valence-electron chi connectivity index (χ3n) is 2.67. The van der Waals surface area contributed by atoms with Gasteiger partial charge in [0.2, 0.25) is 0 Å². The molecule has 1 aromatic carbocycles. The van der Waals surface area contributed by atoms with Crippen molar-refractivity contribution in [2.75, 3.05) is 0 Å². The van der Waals surface area contributed by atoms with Gasteiger partial charge in [-0.3, -0.25) is 0 Å². The van der Waals surface area contributed by atoms with Gasteiger partial charge in [-0.05, 0) is 36.6 Å². The summed E-state index contributed by atoms with van der Waals surface area (Å²) in [5, 5.41) is 5.85. The third kappa shape index (κ3) is 4.22. The van der Waals surface area contributed by atoms with Crippen LogP contribution in [0, 0.1) is 0 Å². The second kappa shape index (κ2) is 6.49. The van der Waals surface area contributed by atoms with E-state index in [0.29, 0.717) is 0 Å². The van der Waals surface area contributed by atoms with Crippen molar-refractivity contribution < 1.29 is 18.0 Å². The number of rotatable bonds is 4. The van der Waals surface area contributed by atoms with Crippen molar-refractivity contribution >= 4 is 28.6 Å². The molecule has 0 amide bonds. The first-order valence-corrected chi connectivity index (χ1v) is 7.20. The summed E-state index contributed by atoms with van der Waals surface area (Å²) in [6.45, 7) is 1.67. The van der Waals surface area contributed by atoms with Crippen LogP contribution >= 0.6 is 22.9 Å². The fourth-order valence-corrected chi connectivity index (χ4v) is 2.48. The van der Waals surface area contributed by atoms with E-state index in [1.807, 2.05) is 17.5 Å². The molecule has 0 unspecified atom stereocenters. The predicted octanol–water partition coefficient (Wildman–Crippen LogP) is 5.36. The van der Waals surface area contributed by atoms with Crippen LogP contribution in [0.1, 0.15) is 22.9 Å². The predicted molar refractivity (Wildman–Crippen MR) is 77.8 cm³/mol. The van der Waals surface area contributed by atoms with E-state index in [-0.39, 0.29) is 22.9 Å². The molecule has 0 spiro atoms. The Morgan fingerprint density at radius 3 is 2.71 bits per heavy atom. The van der Waals surface area contributed by atoms with E-state index in [2.05, 4.69) is 5.16 Å². The molecule has 0 radical (unpaired) electrons. The van der Waals surface area contributed by atoms with E-state index >= 15 is 0 Å². The van der Waals surface area contributed by atoms with Gasteiger partial charge in [0, 0.05) is 15.5 Å². The maximum atomic E-state index is 12.9. The van der Waals surface area contributed by atoms with Crippen LogP contribution in [0.3, 0.4) is 0 Å². The topological polar surface area (TPSA) is 21.6 Å². The summed E-state index contributed by atoms with van der Waals surface area (Å²) in [6.07, 6.45) is -4.47. The van der Waals surface area contributed by atoms with Gasteiger partial charge >= 0.3 is 6.18 Å². The van der Waals surface area contributed by atoms with Crippen molar-refractivity contribution in [3.8, 4) is 0 Å². The normalized spacial score (nSPS) is 12.5. The SMILES string of the molecule is CC(=NOCc1cccs1)c1cc(Cl)ccc1C(F)(F)F. The van der Waals surface area contributed by atoms with Gasteiger partial charge in [-0.25, -0.2) is 0 Å². The molecular weight excluding hydrogens is 323 g/mol. The molecule has 0 N–H and O–H groups in total. The molecule has 7 heteroatoms. The van der Waals surface area contributed by atoms with Crippen molar-refractivity contribution in [2.45, 2.75) is 19.7 Å². The molecule has 0 aliphatic rings. The minimum Gasteiger partial charge on any atom is -0.390 e. The number of oxime groups is 1. The number of halogens is 4. The highest BCUT2D eigenvalue weighted by atomic mass is 35.5. The molecule has 1 heterocycles. The lowest BCUT2D eigenvalue weighted by Crippen LogP contribution is -2.12. The van der Waals surface area contributed by atoms with Gasteiger partial charge in [-0.2, -0.15) is 13.2 Å². The largest absolute Gasteiger partial charge is 0.417 e. The summed E-state index contributed by atoms with van der Waals surface area (Å²) in [5.74, 6) is 0. The Bertz CT molecular complexity index is 638. The smallest absolute Gasteiger partial charge is 0.390 e. The number of hydrogen-bond acceptors (Lipinski definition) is 3. The fourth-order valence-electron chi connectivity index (χ4n) is 1.70. The van der Waals surface area contributed by atoms with E-state index < -0.39 is 11.7 Å². The Balaban J connectivity index is 2.21. The monoisotopic (exact) mass is 333 g/mol. The van der Waals surface area contributed by atoms with Gasteiger partial charge in [0.15, 0.2) is 6.61 Å². The van der Waals surface area contributed by atoms with E-state index in [9.17, 15) is 13.2 Å². The van der Waals surface area contributed by atoms with Gasteiger partial charge in [0.05, 0.1) is 11.3 Å². The highest BCUT2D eigenvalue weighted by molar-refractivity contribution is 7.09. The molecule has 2 aromatic rings. The molecule has 0 atom stereocenters. The number of hydrogen-bond donors (Lipinski definition) is 0. The molecular formula is C14H11ClF3NOS. The van der Waals surface area contributed by atoms with Crippen LogP contribution in [0.15, 0.2) is 40.9 Å². The highest BCUT2D eigenvalue weighted by Gasteiger charge is 2.34. The summed E-state index contributed by atoms with van der Waals surface area (Å²) in [6, 6.07) is 7.09. The number of benzene rings is 1. The maximum absolute atomic E-state index is 12.9. The van der Waals surface area contributed by atoms with Crippen molar-refractivity contribution in [3.63, 3.8) is 0 Å². The number of alkyl halides is 3. The van der Waals surface area contributed by atoms with Crippen molar-refractivity contribution in [3.05, 3.63) is 56.7 Å². The molecule has 1 aromatic heterocycles. The van der Waals surface area contributed by atoms with Crippen LogP contribution in [-0.2, 0) is 17.6 Å². The Kier molecular flexibility index (Phi) is 4.90. The Labute approximate surface area is 128 Å². The summed E-state index contributed by atoms with van der Waals surface area (Å²) < 4.78 is 38.8. The number of thiophene rings is 1. The van der Waals surface area contributed by atoms with Gasteiger partial charge in [-0.15, -0.1) is 11.3 Å². The summed E-state index contributed by atoms with van der Waals surface area (Å²) >= 11 is 7.25. The van der Waals surface area contributed by atoms with Crippen molar-refractivity contribution in [1.29, 1.82) is 0 Å². The van der Waals surface area contributed by atoms with Crippen LogP contribution in [-0.4, -0.2) is 5.71 Å². The zero-order valence-corrected chi connectivity index (χ0v) is 12.5. The average molecular weight is 334 g/mol. The van der Waals surface area contributed by atoms with Crippen molar-refractivity contribution in [1.82, 2.24) is 0 Å². The lowest BCUT2D eigenvalue weighted by atomic mass is 10.0. The molecule has 0 fully saturated rings. The standard InChI is InChI=1S/C14H11ClF3NOS/c1-9(19-20-8-11-3-2-6-21-11)12-7-10(15)4-5-13(12)14(16,17)18/h2-7H,8H2,1H3. The zero-order chi connectivity index (χ0) is 15.5. The molecule has 0 saturated carbocycles. The second-order valence-corrected chi connectivity index (χ2v) is 5.69.